The molecule has 0 aliphatic carbocycles. The van der Waals surface area contributed by atoms with Crippen molar-refractivity contribution in [2.24, 2.45) is 0 Å². The summed E-state index contributed by atoms with van der Waals surface area (Å²) in [6.45, 7) is 6.31. The number of ether oxygens (including phenoxy) is 2. The van der Waals surface area contributed by atoms with Gasteiger partial charge in [-0.3, -0.25) is 0 Å². The van der Waals surface area contributed by atoms with Crippen molar-refractivity contribution in [2.45, 2.75) is 32.1 Å². The summed E-state index contributed by atoms with van der Waals surface area (Å²) in [7, 11) is 0. The molecule has 6 heteroatoms. The average Bonchev–Trinajstić information content (AvgIpc) is 3.16. The zero-order valence-corrected chi connectivity index (χ0v) is 16.8. The van der Waals surface area contributed by atoms with Crippen molar-refractivity contribution >= 4 is 10.9 Å². The van der Waals surface area contributed by atoms with Gasteiger partial charge in [0.15, 0.2) is 11.5 Å². The summed E-state index contributed by atoms with van der Waals surface area (Å²) in [5.74, 6) is 2.57. The minimum Gasteiger partial charge on any atom is -0.490 e. The van der Waals surface area contributed by atoms with Gasteiger partial charge in [0.1, 0.15) is 17.1 Å². The van der Waals surface area contributed by atoms with Crippen LogP contribution in [0.2, 0.25) is 0 Å². The molecule has 0 amide bonds. The summed E-state index contributed by atoms with van der Waals surface area (Å²) in [6, 6.07) is 12.5. The number of likely N-dealkylation sites (tertiary alicyclic amines) is 1. The monoisotopic (exact) mass is 398 g/mol. The van der Waals surface area contributed by atoms with Crippen LogP contribution in [0.1, 0.15) is 37.9 Å². The molecule has 0 bridgehead atoms. The van der Waals surface area contributed by atoms with E-state index in [-0.39, 0.29) is 5.82 Å². The standard InChI is InChI=1S/C23H27FN2O3/c1-2-27-21-6-3-4-7-22(21)28-15-5-12-26-13-10-17(11-14-26)23-19-9-8-18(24)16-20(19)25-29-23/h3-4,6-9,16-17H,2,5,10-15H2,1H3. The van der Waals surface area contributed by atoms with E-state index in [1.165, 1.54) is 12.1 Å². The van der Waals surface area contributed by atoms with Crippen molar-refractivity contribution in [2.75, 3.05) is 32.8 Å². The number of aromatic nitrogens is 1. The summed E-state index contributed by atoms with van der Waals surface area (Å²) in [4.78, 5) is 2.46. The molecule has 1 saturated heterocycles. The number of piperidine rings is 1. The molecule has 0 spiro atoms. The van der Waals surface area contributed by atoms with E-state index in [0.29, 0.717) is 24.6 Å². The topological polar surface area (TPSA) is 47.7 Å². The van der Waals surface area contributed by atoms with Crippen LogP contribution in [0.3, 0.4) is 0 Å². The Kier molecular flexibility index (Phi) is 6.30. The lowest BCUT2D eigenvalue weighted by Gasteiger charge is -2.30. The summed E-state index contributed by atoms with van der Waals surface area (Å²) >= 11 is 0. The molecule has 0 atom stereocenters. The molecule has 2 aromatic carbocycles. The normalized spacial score (nSPS) is 15.7. The third-order valence-electron chi connectivity index (χ3n) is 5.45. The van der Waals surface area contributed by atoms with Gasteiger partial charge in [-0.05, 0) is 63.5 Å². The fourth-order valence-corrected chi connectivity index (χ4v) is 3.96. The molecule has 1 aliphatic rings. The van der Waals surface area contributed by atoms with Gasteiger partial charge in [-0.2, -0.15) is 0 Å². The fraction of sp³-hybridized carbons (Fsp3) is 0.435. The zero-order valence-electron chi connectivity index (χ0n) is 16.8. The maximum absolute atomic E-state index is 13.4. The van der Waals surface area contributed by atoms with Crippen LogP contribution >= 0.6 is 0 Å². The van der Waals surface area contributed by atoms with E-state index in [2.05, 4.69) is 10.1 Å². The number of hydrogen-bond acceptors (Lipinski definition) is 5. The number of halogens is 1. The van der Waals surface area contributed by atoms with E-state index in [0.717, 1.165) is 61.5 Å². The van der Waals surface area contributed by atoms with Crippen molar-refractivity contribution in [1.29, 1.82) is 0 Å². The Labute approximate surface area is 170 Å². The molecular weight excluding hydrogens is 371 g/mol. The van der Waals surface area contributed by atoms with Gasteiger partial charge in [0.2, 0.25) is 0 Å². The predicted octanol–water partition coefficient (Wildman–Crippen LogP) is 5.01. The van der Waals surface area contributed by atoms with Crippen LogP contribution in [0.4, 0.5) is 4.39 Å². The molecule has 1 aromatic heterocycles. The van der Waals surface area contributed by atoms with Gasteiger partial charge < -0.3 is 18.9 Å². The van der Waals surface area contributed by atoms with Crippen LogP contribution in [0.5, 0.6) is 11.5 Å². The van der Waals surface area contributed by atoms with Crippen LogP contribution < -0.4 is 9.47 Å². The average molecular weight is 398 g/mol. The molecule has 0 unspecified atom stereocenters. The van der Waals surface area contributed by atoms with Crippen molar-refractivity contribution in [3.63, 3.8) is 0 Å². The van der Waals surface area contributed by atoms with Gasteiger partial charge >= 0.3 is 0 Å². The lowest BCUT2D eigenvalue weighted by Crippen LogP contribution is -2.34. The Morgan fingerprint density at radius 1 is 1.10 bits per heavy atom. The first-order valence-electron chi connectivity index (χ1n) is 10.4. The third kappa shape index (κ3) is 4.70. The van der Waals surface area contributed by atoms with Gasteiger partial charge in [-0.25, -0.2) is 4.39 Å². The second-order valence-electron chi connectivity index (χ2n) is 7.41. The smallest absolute Gasteiger partial charge is 0.161 e. The van der Waals surface area contributed by atoms with E-state index in [1.54, 1.807) is 6.07 Å². The highest BCUT2D eigenvalue weighted by Gasteiger charge is 2.25. The fourth-order valence-electron chi connectivity index (χ4n) is 3.96. The first kappa shape index (κ1) is 19.7. The number of hydrogen-bond donors (Lipinski definition) is 0. The van der Waals surface area contributed by atoms with Gasteiger partial charge in [-0.1, -0.05) is 17.3 Å². The Morgan fingerprint density at radius 3 is 2.62 bits per heavy atom. The minimum absolute atomic E-state index is 0.279. The molecule has 1 fully saturated rings. The Balaban J connectivity index is 1.23. The molecule has 1 aliphatic heterocycles. The quantitative estimate of drug-likeness (QED) is 0.499. The first-order chi connectivity index (χ1) is 14.2. The van der Waals surface area contributed by atoms with Crippen LogP contribution in [-0.4, -0.2) is 42.9 Å². The van der Waals surface area contributed by atoms with E-state index in [4.69, 9.17) is 14.0 Å². The Hall–Kier alpha value is -2.60. The maximum Gasteiger partial charge on any atom is 0.161 e. The molecule has 5 nitrogen and oxygen atoms in total. The van der Waals surface area contributed by atoms with E-state index < -0.39 is 0 Å². The number of nitrogens with zero attached hydrogens (tertiary/aromatic N) is 2. The number of fused-ring (bicyclic) bond motifs is 1. The van der Waals surface area contributed by atoms with Crippen molar-refractivity contribution in [3.8, 4) is 11.5 Å². The number of benzene rings is 2. The number of rotatable bonds is 8. The second kappa shape index (κ2) is 9.27. The van der Waals surface area contributed by atoms with Crippen molar-refractivity contribution in [3.05, 3.63) is 54.0 Å². The van der Waals surface area contributed by atoms with Crippen molar-refractivity contribution in [1.82, 2.24) is 10.1 Å². The Bertz CT molecular complexity index is 935. The highest BCUT2D eigenvalue weighted by Crippen LogP contribution is 2.33. The summed E-state index contributed by atoms with van der Waals surface area (Å²) in [5, 5.41) is 4.96. The van der Waals surface area contributed by atoms with Gasteiger partial charge in [0.25, 0.3) is 0 Å². The van der Waals surface area contributed by atoms with E-state index >= 15 is 0 Å². The van der Waals surface area contributed by atoms with E-state index in [1.807, 2.05) is 31.2 Å². The van der Waals surface area contributed by atoms with Crippen LogP contribution in [0.25, 0.3) is 10.9 Å². The number of para-hydroxylation sites is 2. The van der Waals surface area contributed by atoms with Crippen LogP contribution in [0.15, 0.2) is 47.0 Å². The summed E-state index contributed by atoms with van der Waals surface area (Å²) in [6.07, 6.45) is 3.01. The molecule has 29 heavy (non-hydrogen) atoms. The third-order valence-corrected chi connectivity index (χ3v) is 5.45. The lowest BCUT2D eigenvalue weighted by atomic mass is 9.92. The zero-order chi connectivity index (χ0) is 20.1. The summed E-state index contributed by atoms with van der Waals surface area (Å²) < 4.78 is 30.4. The van der Waals surface area contributed by atoms with Crippen molar-refractivity contribution < 1.29 is 18.4 Å². The van der Waals surface area contributed by atoms with E-state index in [9.17, 15) is 4.39 Å². The van der Waals surface area contributed by atoms with Gasteiger partial charge in [-0.15, -0.1) is 0 Å². The first-order valence-corrected chi connectivity index (χ1v) is 10.4. The SMILES string of the molecule is CCOc1ccccc1OCCCN1CCC(c2onc3cc(F)ccc23)CC1. The maximum atomic E-state index is 13.4. The molecule has 2 heterocycles. The molecular formula is C23H27FN2O3. The minimum atomic E-state index is -0.279. The van der Waals surface area contributed by atoms with Gasteiger partial charge in [0.05, 0.1) is 13.2 Å². The Morgan fingerprint density at radius 2 is 1.86 bits per heavy atom. The van der Waals surface area contributed by atoms with Gasteiger partial charge in [0, 0.05) is 23.9 Å². The predicted molar refractivity (Wildman–Crippen MR) is 110 cm³/mol. The highest BCUT2D eigenvalue weighted by atomic mass is 19.1. The lowest BCUT2D eigenvalue weighted by molar-refractivity contribution is 0.181. The molecule has 154 valence electrons. The molecule has 0 saturated carbocycles. The second-order valence-corrected chi connectivity index (χ2v) is 7.41. The molecule has 0 N–H and O–H groups in total. The summed E-state index contributed by atoms with van der Waals surface area (Å²) in [5.41, 5.74) is 0.604. The molecule has 3 aromatic rings. The highest BCUT2D eigenvalue weighted by molar-refractivity contribution is 5.80. The van der Waals surface area contributed by atoms with Crippen LogP contribution in [-0.2, 0) is 0 Å². The molecule has 0 radical (unpaired) electrons. The van der Waals surface area contributed by atoms with Crippen LogP contribution in [0, 0.1) is 5.82 Å². The largest absolute Gasteiger partial charge is 0.490 e. The molecule has 4 rings (SSSR count).